The van der Waals surface area contributed by atoms with Crippen molar-refractivity contribution in [3.8, 4) is 11.4 Å². The number of rotatable bonds is 5. The maximum atomic E-state index is 12.3. The molecule has 0 saturated carbocycles. The SMILES string of the molecule is CC(C)C(C)(CN)NC(=O)c1ccc(-c2ncon2)cc1.Cl. The van der Waals surface area contributed by atoms with Crippen LogP contribution in [0.25, 0.3) is 11.4 Å². The lowest BCUT2D eigenvalue weighted by Gasteiger charge is -2.33. The van der Waals surface area contributed by atoms with Crippen molar-refractivity contribution in [3.05, 3.63) is 36.2 Å². The molecule has 1 amide bonds. The van der Waals surface area contributed by atoms with Crippen molar-refractivity contribution in [3.63, 3.8) is 0 Å². The van der Waals surface area contributed by atoms with Gasteiger partial charge in [0.1, 0.15) is 0 Å². The molecule has 1 unspecified atom stereocenters. The van der Waals surface area contributed by atoms with Crippen molar-refractivity contribution >= 4 is 18.3 Å². The van der Waals surface area contributed by atoms with Gasteiger partial charge in [0.25, 0.3) is 5.91 Å². The van der Waals surface area contributed by atoms with E-state index in [1.807, 2.05) is 20.8 Å². The van der Waals surface area contributed by atoms with Crippen LogP contribution in [0.1, 0.15) is 31.1 Å². The average molecular weight is 325 g/mol. The third-order valence-corrected chi connectivity index (χ3v) is 3.86. The highest BCUT2D eigenvalue weighted by Gasteiger charge is 2.28. The van der Waals surface area contributed by atoms with Gasteiger partial charge in [-0.15, -0.1) is 12.4 Å². The van der Waals surface area contributed by atoms with Crippen LogP contribution in [0.5, 0.6) is 0 Å². The monoisotopic (exact) mass is 324 g/mol. The molecular weight excluding hydrogens is 304 g/mol. The number of carbonyl (C=O) groups excluding carboxylic acids is 1. The molecule has 3 N–H and O–H groups in total. The molecule has 22 heavy (non-hydrogen) atoms. The van der Waals surface area contributed by atoms with Crippen LogP contribution in [0.2, 0.25) is 0 Å². The number of nitrogens with zero attached hydrogens (tertiary/aromatic N) is 2. The quantitative estimate of drug-likeness (QED) is 0.879. The number of nitrogens with two attached hydrogens (primary N) is 1. The van der Waals surface area contributed by atoms with E-state index in [1.54, 1.807) is 24.3 Å². The van der Waals surface area contributed by atoms with Crippen LogP contribution in [0.15, 0.2) is 35.2 Å². The van der Waals surface area contributed by atoms with Crippen molar-refractivity contribution in [1.29, 1.82) is 0 Å². The molecule has 120 valence electrons. The second-order valence-corrected chi connectivity index (χ2v) is 5.56. The Balaban J connectivity index is 0.00000242. The summed E-state index contributed by atoms with van der Waals surface area (Å²) in [6, 6.07) is 7.04. The van der Waals surface area contributed by atoms with Gasteiger partial charge in [-0.3, -0.25) is 4.79 Å². The molecule has 0 aliphatic heterocycles. The standard InChI is InChI=1S/C15H20N4O2.ClH/c1-10(2)15(3,8-16)18-14(20)12-6-4-11(5-7-12)13-17-9-21-19-13;/h4-7,9-10H,8,16H2,1-3H3,(H,18,20);1H. The lowest BCUT2D eigenvalue weighted by atomic mass is 9.88. The van der Waals surface area contributed by atoms with Gasteiger partial charge in [0.15, 0.2) is 0 Å². The van der Waals surface area contributed by atoms with Gasteiger partial charge in [-0.2, -0.15) is 4.98 Å². The van der Waals surface area contributed by atoms with Crippen LogP contribution < -0.4 is 11.1 Å². The molecule has 2 rings (SSSR count). The van der Waals surface area contributed by atoms with Crippen molar-refractivity contribution < 1.29 is 9.32 Å². The number of carbonyl (C=O) groups is 1. The molecular formula is C15H21ClN4O2. The summed E-state index contributed by atoms with van der Waals surface area (Å²) in [5.74, 6) is 0.595. The smallest absolute Gasteiger partial charge is 0.251 e. The van der Waals surface area contributed by atoms with Crippen molar-refractivity contribution in [2.75, 3.05) is 6.54 Å². The molecule has 0 bridgehead atoms. The molecule has 0 saturated heterocycles. The minimum absolute atomic E-state index is 0. The predicted octanol–water partition coefficient (Wildman–Crippen LogP) is 2.26. The number of aromatic nitrogens is 2. The van der Waals surface area contributed by atoms with E-state index in [-0.39, 0.29) is 24.2 Å². The highest BCUT2D eigenvalue weighted by Crippen LogP contribution is 2.18. The van der Waals surface area contributed by atoms with Gasteiger partial charge in [-0.25, -0.2) is 0 Å². The Labute approximate surface area is 135 Å². The number of halogens is 1. The first-order valence-electron chi connectivity index (χ1n) is 6.85. The summed E-state index contributed by atoms with van der Waals surface area (Å²) in [7, 11) is 0. The fraction of sp³-hybridized carbons (Fsp3) is 0.400. The Morgan fingerprint density at radius 1 is 1.36 bits per heavy atom. The van der Waals surface area contributed by atoms with Crippen molar-refractivity contribution in [2.45, 2.75) is 26.3 Å². The maximum Gasteiger partial charge on any atom is 0.251 e. The molecule has 0 aliphatic rings. The molecule has 2 aromatic rings. The predicted molar refractivity (Wildman–Crippen MR) is 86.7 cm³/mol. The topological polar surface area (TPSA) is 94.0 Å². The first kappa shape index (κ1) is 18.1. The highest BCUT2D eigenvalue weighted by molar-refractivity contribution is 5.95. The molecule has 1 atom stereocenters. The van der Waals surface area contributed by atoms with E-state index in [0.717, 1.165) is 5.56 Å². The second-order valence-electron chi connectivity index (χ2n) is 5.56. The molecule has 7 heteroatoms. The Bertz CT molecular complexity index is 599. The zero-order chi connectivity index (χ0) is 15.5. The van der Waals surface area contributed by atoms with E-state index in [0.29, 0.717) is 17.9 Å². The van der Waals surface area contributed by atoms with Crippen LogP contribution in [0.4, 0.5) is 0 Å². The largest absolute Gasteiger partial charge is 0.345 e. The summed E-state index contributed by atoms with van der Waals surface area (Å²) in [5.41, 5.74) is 6.72. The summed E-state index contributed by atoms with van der Waals surface area (Å²) >= 11 is 0. The van der Waals surface area contributed by atoms with E-state index in [2.05, 4.69) is 15.5 Å². The van der Waals surface area contributed by atoms with Crippen LogP contribution in [0.3, 0.4) is 0 Å². The summed E-state index contributed by atoms with van der Waals surface area (Å²) in [6.07, 6.45) is 1.27. The summed E-state index contributed by atoms with van der Waals surface area (Å²) in [5, 5.41) is 6.75. The van der Waals surface area contributed by atoms with Crippen LogP contribution >= 0.6 is 12.4 Å². The highest BCUT2D eigenvalue weighted by atomic mass is 35.5. The number of hydrogen-bond acceptors (Lipinski definition) is 5. The molecule has 1 heterocycles. The van der Waals surface area contributed by atoms with E-state index < -0.39 is 5.54 Å². The average Bonchev–Trinajstić information content (AvgIpc) is 3.01. The zero-order valence-electron chi connectivity index (χ0n) is 12.9. The first-order chi connectivity index (χ1) is 9.96. The minimum atomic E-state index is -0.427. The number of amides is 1. The normalized spacial score (nSPS) is 13.3. The second kappa shape index (κ2) is 7.38. The van der Waals surface area contributed by atoms with E-state index in [9.17, 15) is 4.79 Å². The molecule has 1 aromatic carbocycles. The third kappa shape index (κ3) is 3.84. The van der Waals surface area contributed by atoms with Gasteiger partial charge in [-0.1, -0.05) is 31.1 Å². The number of nitrogens with one attached hydrogen (secondary N) is 1. The van der Waals surface area contributed by atoms with Gasteiger partial charge >= 0.3 is 0 Å². The summed E-state index contributed by atoms with van der Waals surface area (Å²) < 4.78 is 4.70. The molecule has 0 spiro atoms. The third-order valence-electron chi connectivity index (χ3n) is 3.86. The Hall–Kier alpha value is -1.92. The van der Waals surface area contributed by atoms with Gasteiger partial charge < -0.3 is 15.6 Å². The Morgan fingerprint density at radius 2 is 2.00 bits per heavy atom. The molecule has 6 nitrogen and oxygen atoms in total. The Kier molecular flexibility index (Phi) is 6.08. The fourth-order valence-corrected chi connectivity index (χ4v) is 1.83. The van der Waals surface area contributed by atoms with Gasteiger partial charge in [0, 0.05) is 17.7 Å². The molecule has 0 aliphatic carbocycles. The number of hydrogen-bond donors (Lipinski definition) is 2. The van der Waals surface area contributed by atoms with Crippen molar-refractivity contribution in [2.24, 2.45) is 11.7 Å². The summed E-state index contributed by atoms with van der Waals surface area (Å²) in [6.45, 7) is 6.40. The van der Waals surface area contributed by atoms with Crippen LogP contribution in [0, 0.1) is 5.92 Å². The van der Waals surface area contributed by atoms with Gasteiger partial charge in [-0.05, 0) is 25.0 Å². The van der Waals surface area contributed by atoms with E-state index >= 15 is 0 Å². The molecule has 1 aromatic heterocycles. The van der Waals surface area contributed by atoms with Crippen molar-refractivity contribution in [1.82, 2.24) is 15.5 Å². The lowest BCUT2D eigenvalue weighted by molar-refractivity contribution is 0.0883. The Morgan fingerprint density at radius 3 is 2.45 bits per heavy atom. The fourth-order valence-electron chi connectivity index (χ4n) is 1.83. The molecule has 0 radical (unpaired) electrons. The minimum Gasteiger partial charge on any atom is -0.345 e. The van der Waals surface area contributed by atoms with E-state index in [1.165, 1.54) is 6.39 Å². The van der Waals surface area contributed by atoms with Crippen LogP contribution in [-0.4, -0.2) is 28.1 Å². The maximum absolute atomic E-state index is 12.3. The zero-order valence-corrected chi connectivity index (χ0v) is 13.7. The molecule has 0 fully saturated rings. The van der Waals surface area contributed by atoms with Gasteiger partial charge in [0.2, 0.25) is 12.2 Å². The first-order valence-corrected chi connectivity index (χ1v) is 6.85. The lowest BCUT2D eigenvalue weighted by Crippen LogP contribution is -2.55. The summed E-state index contributed by atoms with van der Waals surface area (Å²) in [4.78, 5) is 16.3. The number of benzene rings is 1. The van der Waals surface area contributed by atoms with Crippen LogP contribution in [-0.2, 0) is 0 Å². The van der Waals surface area contributed by atoms with E-state index in [4.69, 9.17) is 10.3 Å². The van der Waals surface area contributed by atoms with Gasteiger partial charge in [0.05, 0.1) is 5.54 Å².